The van der Waals surface area contributed by atoms with E-state index in [1.807, 2.05) is 6.92 Å². The topological polar surface area (TPSA) is 21.3 Å². The Morgan fingerprint density at radius 2 is 1.85 bits per heavy atom. The molecule has 0 fully saturated rings. The molecular weight excluding hydrogens is 260 g/mol. The average Bonchev–Trinajstić information content (AvgIpc) is 2.46. The van der Waals surface area contributed by atoms with Crippen LogP contribution in [-0.4, -0.2) is 14.2 Å². The standard InChI is InChI=1S/C16H17F2NO/c1-10(19-2)12-8-7-11(17)9-14(12)13-5-4-6-15(20-3)16(13)18/h4-10,19H,1-3H3. The van der Waals surface area contributed by atoms with E-state index in [1.54, 1.807) is 31.3 Å². The number of hydrogen-bond donors (Lipinski definition) is 1. The second kappa shape index (κ2) is 6.01. The van der Waals surface area contributed by atoms with Gasteiger partial charge in [0.05, 0.1) is 7.11 Å². The van der Waals surface area contributed by atoms with Gasteiger partial charge in [-0.2, -0.15) is 0 Å². The first-order chi connectivity index (χ1) is 9.58. The van der Waals surface area contributed by atoms with E-state index in [-0.39, 0.29) is 11.8 Å². The largest absolute Gasteiger partial charge is 0.494 e. The minimum absolute atomic E-state index is 0.0174. The summed E-state index contributed by atoms with van der Waals surface area (Å²) in [6.45, 7) is 1.94. The highest BCUT2D eigenvalue weighted by atomic mass is 19.1. The van der Waals surface area contributed by atoms with Crippen LogP contribution < -0.4 is 10.1 Å². The van der Waals surface area contributed by atoms with Crippen LogP contribution in [-0.2, 0) is 0 Å². The summed E-state index contributed by atoms with van der Waals surface area (Å²) in [5.41, 5.74) is 1.70. The third-order valence-electron chi connectivity index (χ3n) is 3.39. The van der Waals surface area contributed by atoms with E-state index < -0.39 is 11.6 Å². The number of methoxy groups -OCH3 is 1. The van der Waals surface area contributed by atoms with Crippen LogP contribution in [0.5, 0.6) is 5.75 Å². The van der Waals surface area contributed by atoms with E-state index in [1.165, 1.54) is 19.2 Å². The van der Waals surface area contributed by atoms with E-state index in [0.29, 0.717) is 11.1 Å². The van der Waals surface area contributed by atoms with Gasteiger partial charge in [0.2, 0.25) is 0 Å². The SMILES string of the molecule is CNC(C)c1ccc(F)cc1-c1cccc(OC)c1F. The van der Waals surface area contributed by atoms with Gasteiger partial charge in [-0.3, -0.25) is 0 Å². The van der Waals surface area contributed by atoms with Gasteiger partial charge in [-0.05, 0) is 43.3 Å². The minimum atomic E-state index is -0.481. The molecule has 0 aromatic heterocycles. The van der Waals surface area contributed by atoms with Crippen molar-refractivity contribution in [2.75, 3.05) is 14.2 Å². The molecule has 0 radical (unpaired) electrons. The molecule has 1 atom stereocenters. The molecule has 2 aromatic rings. The quantitative estimate of drug-likeness (QED) is 0.914. The Morgan fingerprint density at radius 1 is 1.10 bits per heavy atom. The summed E-state index contributed by atoms with van der Waals surface area (Å²) in [5.74, 6) is -0.728. The second-order valence-corrected chi connectivity index (χ2v) is 4.56. The third kappa shape index (κ3) is 2.65. The summed E-state index contributed by atoms with van der Waals surface area (Å²) in [7, 11) is 3.21. The lowest BCUT2D eigenvalue weighted by atomic mass is 9.95. The van der Waals surface area contributed by atoms with E-state index in [4.69, 9.17) is 4.74 Å². The molecule has 20 heavy (non-hydrogen) atoms. The van der Waals surface area contributed by atoms with E-state index >= 15 is 0 Å². The molecule has 1 unspecified atom stereocenters. The summed E-state index contributed by atoms with van der Waals surface area (Å²) in [4.78, 5) is 0. The van der Waals surface area contributed by atoms with Crippen LogP contribution in [0, 0.1) is 11.6 Å². The Bertz CT molecular complexity index is 613. The number of halogens is 2. The first kappa shape index (κ1) is 14.5. The van der Waals surface area contributed by atoms with Crippen molar-refractivity contribution in [3.63, 3.8) is 0 Å². The van der Waals surface area contributed by atoms with E-state index in [2.05, 4.69) is 5.32 Å². The highest BCUT2D eigenvalue weighted by molar-refractivity contribution is 5.70. The van der Waals surface area contributed by atoms with E-state index in [9.17, 15) is 8.78 Å². The van der Waals surface area contributed by atoms with Crippen molar-refractivity contribution in [1.29, 1.82) is 0 Å². The first-order valence-electron chi connectivity index (χ1n) is 6.38. The Labute approximate surface area is 117 Å². The Kier molecular flexibility index (Phi) is 4.35. The van der Waals surface area contributed by atoms with Gasteiger partial charge in [0.1, 0.15) is 5.82 Å². The molecule has 0 heterocycles. The minimum Gasteiger partial charge on any atom is -0.494 e. The molecule has 0 bridgehead atoms. The van der Waals surface area contributed by atoms with Crippen molar-refractivity contribution in [3.8, 4) is 16.9 Å². The van der Waals surface area contributed by atoms with Gasteiger partial charge in [-0.25, -0.2) is 8.78 Å². The fraction of sp³-hybridized carbons (Fsp3) is 0.250. The molecule has 106 valence electrons. The molecule has 4 heteroatoms. The van der Waals surface area contributed by atoms with Gasteiger partial charge in [0, 0.05) is 11.6 Å². The molecule has 1 N–H and O–H groups in total. The molecule has 2 rings (SSSR count). The normalized spacial score (nSPS) is 12.2. The number of ether oxygens (including phenoxy) is 1. The maximum absolute atomic E-state index is 14.4. The van der Waals surface area contributed by atoms with Gasteiger partial charge in [0.15, 0.2) is 11.6 Å². The zero-order valence-corrected chi connectivity index (χ0v) is 11.7. The van der Waals surface area contributed by atoms with Crippen LogP contribution >= 0.6 is 0 Å². The zero-order valence-electron chi connectivity index (χ0n) is 11.7. The number of rotatable bonds is 4. The van der Waals surface area contributed by atoms with Gasteiger partial charge in [-0.1, -0.05) is 18.2 Å². The van der Waals surface area contributed by atoms with Crippen molar-refractivity contribution < 1.29 is 13.5 Å². The van der Waals surface area contributed by atoms with Crippen LogP contribution in [0.1, 0.15) is 18.5 Å². The van der Waals surface area contributed by atoms with Gasteiger partial charge in [-0.15, -0.1) is 0 Å². The van der Waals surface area contributed by atoms with Gasteiger partial charge >= 0.3 is 0 Å². The monoisotopic (exact) mass is 277 g/mol. The molecule has 0 aliphatic carbocycles. The average molecular weight is 277 g/mol. The third-order valence-corrected chi connectivity index (χ3v) is 3.39. The predicted molar refractivity (Wildman–Crippen MR) is 75.8 cm³/mol. The van der Waals surface area contributed by atoms with Crippen LogP contribution in [0.3, 0.4) is 0 Å². The lowest BCUT2D eigenvalue weighted by Crippen LogP contribution is -2.13. The molecule has 0 amide bonds. The predicted octanol–water partition coefficient (Wildman–Crippen LogP) is 3.92. The summed E-state index contributed by atoms with van der Waals surface area (Å²) < 4.78 is 32.9. The highest BCUT2D eigenvalue weighted by Gasteiger charge is 2.17. The number of nitrogens with one attached hydrogen (secondary N) is 1. The van der Waals surface area contributed by atoms with Crippen molar-refractivity contribution >= 4 is 0 Å². The molecule has 0 aliphatic rings. The molecule has 2 aromatic carbocycles. The van der Waals surface area contributed by atoms with Gasteiger partial charge < -0.3 is 10.1 Å². The fourth-order valence-electron chi connectivity index (χ4n) is 2.17. The van der Waals surface area contributed by atoms with E-state index in [0.717, 1.165) is 5.56 Å². The van der Waals surface area contributed by atoms with Crippen molar-refractivity contribution in [1.82, 2.24) is 5.32 Å². The number of benzene rings is 2. The molecule has 0 saturated heterocycles. The fourth-order valence-corrected chi connectivity index (χ4v) is 2.17. The lowest BCUT2D eigenvalue weighted by molar-refractivity contribution is 0.387. The Hall–Kier alpha value is -1.94. The summed E-state index contributed by atoms with van der Waals surface area (Å²) >= 11 is 0. The first-order valence-corrected chi connectivity index (χ1v) is 6.38. The summed E-state index contributed by atoms with van der Waals surface area (Å²) in [6, 6.07) is 9.24. The lowest BCUT2D eigenvalue weighted by Gasteiger charge is -2.17. The second-order valence-electron chi connectivity index (χ2n) is 4.56. The van der Waals surface area contributed by atoms with Crippen LogP contribution in [0.2, 0.25) is 0 Å². The molecule has 0 aliphatic heterocycles. The number of hydrogen-bond acceptors (Lipinski definition) is 2. The Balaban J connectivity index is 2.65. The molecule has 2 nitrogen and oxygen atoms in total. The molecular formula is C16H17F2NO. The zero-order chi connectivity index (χ0) is 14.7. The van der Waals surface area contributed by atoms with Crippen molar-refractivity contribution in [2.24, 2.45) is 0 Å². The maximum atomic E-state index is 14.4. The van der Waals surface area contributed by atoms with Crippen LogP contribution in [0.25, 0.3) is 11.1 Å². The van der Waals surface area contributed by atoms with Crippen LogP contribution in [0.4, 0.5) is 8.78 Å². The summed E-state index contributed by atoms with van der Waals surface area (Å²) in [5, 5.41) is 3.08. The van der Waals surface area contributed by atoms with Gasteiger partial charge in [0.25, 0.3) is 0 Å². The maximum Gasteiger partial charge on any atom is 0.172 e. The Morgan fingerprint density at radius 3 is 2.50 bits per heavy atom. The van der Waals surface area contributed by atoms with Crippen molar-refractivity contribution in [3.05, 3.63) is 53.6 Å². The van der Waals surface area contributed by atoms with Crippen LogP contribution in [0.15, 0.2) is 36.4 Å². The molecule has 0 spiro atoms. The summed E-state index contributed by atoms with van der Waals surface area (Å²) in [6.07, 6.45) is 0. The smallest absolute Gasteiger partial charge is 0.172 e. The molecule has 0 saturated carbocycles. The highest BCUT2D eigenvalue weighted by Crippen LogP contribution is 2.34. The van der Waals surface area contributed by atoms with Crippen molar-refractivity contribution in [2.45, 2.75) is 13.0 Å².